The number of allylic oxidation sites excluding steroid dienone is 1. The summed E-state index contributed by atoms with van der Waals surface area (Å²) in [5, 5.41) is 17.3. The molecule has 6 heteroatoms. The first-order valence-electron chi connectivity index (χ1n) is 19.8. The van der Waals surface area contributed by atoms with Gasteiger partial charge in [-0.2, -0.15) is 0 Å². The highest BCUT2D eigenvalue weighted by Gasteiger charge is 2.30. The predicted octanol–water partition coefficient (Wildman–Crippen LogP) is 12.2. The molecule has 274 valence electrons. The minimum Gasteiger partial charge on any atom is -0.456 e. The van der Waals surface area contributed by atoms with E-state index in [1.807, 2.05) is 0 Å². The van der Waals surface area contributed by atoms with Crippen molar-refractivity contribution in [1.82, 2.24) is 20.5 Å². The highest BCUT2D eigenvalue weighted by Crippen LogP contribution is 2.41. The standard InChI is InChI=1S/C51H38N4O2/c1-3-11-31(12-4-1)49-52-50(32-13-5-2-6-14-32)54-51(53-49)35-21-26-46-42(28-35)41-27-33(20-25-45(41)56-46)34-19-23-39-40-24-22-36(30-48(40)57-47(39)29-34)55-43-17-9-7-15-37(43)38-16-8-10-18-44(38)55/h1-21,23,25-30,49-54H,22,24H2. The summed E-state index contributed by atoms with van der Waals surface area (Å²) in [6.07, 6.45) is 3.96. The molecule has 3 aromatic heterocycles. The molecule has 7 aromatic carbocycles. The van der Waals surface area contributed by atoms with Crippen molar-refractivity contribution < 1.29 is 8.83 Å². The number of aryl methyl sites for hydroxylation is 1. The van der Waals surface area contributed by atoms with Crippen molar-refractivity contribution in [2.75, 3.05) is 0 Å². The number of benzene rings is 7. The monoisotopic (exact) mass is 738 g/mol. The van der Waals surface area contributed by atoms with Crippen LogP contribution in [-0.4, -0.2) is 4.57 Å². The van der Waals surface area contributed by atoms with Gasteiger partial charge in [0.05, 0.1) is 29.5 Å². The van der Waals surface area contributed by atoms with Gasteiger partial charge in [0.25, 0.3) is 0 Å². The first-order chi connectivity index (χ1) is 28.2. The Kier molecular flexibility index (Phi) is 7.38. The van der Waals surface area contributed by atoms with Crippen LogP contribution in [0.25, 0.3) is 77.6 Å². The van der Waals surface area contributed by atoms with E-state index in [0.29, 0.717) is 0 Å². The lowest BCUT2D eigenvalue weighted by molar-refractivity contribution is 0.203. The van der Waals surface area contributed by atoms with Crippen LogP contribution in [0, 0.1) is 0 Å². The molecule has 2 unspecified atom stereocenters. The van der Waals surface area contributed by atoms with Gasteiger partial charge in [0.1, 0.15) is 22.5 Å². The Balaban J connectivity index is 0.898. The van der Waals surface area contributed by atoms with Gasteiger partial charge >= 0.3 is 0 Å². The molecule has 2 atom stereocenters. The average molecular weight is 739 g/mol. The van der Waals surface area contributed by atoms with Gasteiger partial charge < -0.3 is 13.4 Å². The van der Waals surface area contributed by atoms with Gasteiger partial charge in [-0.15, -0.1) is 0 Å². The van der Waals surface area contributed by atoms with Crippen molar-refractivity contribution in [2.24, 2.45) is 0 Å². The third-order valence-electron chi connectivity index (χ3n) is 12.0. The highest BCUT2D eigenvalue weighted by atomic mass is 16.3. The van der Waals surface area contributed by atoms with Crippen LogP contribution in [0.15, 0.2) is 173 Å². The first kappa shape index (κ1) is 32.5. The maximum atomic E-state index is 6.68. The number of furan rings is 2. The minimum absolute atomic E-state index is 0.0380. The molecule has 1 saturated heterocycles. The van der Waals surface area contributed by atoms with E-state index < -0.39 is 0 Å². The van der Waals surface area contributed by atoms with Crippen molar-refractivity contribution in [2.45, 2.75) is 31.3 Å². The van der Waals surface area contributed by atoms with Crippen molar-refractivity contribution >= 4 is 66.5 Å². The second-order valence-electron chi connectivity index (χ2n) is 15.4. The van der Waals surface area contributed by atoms with E-state index in [1.54, 1.807) is 0 Å². The van der Waals surface area contributed by atoms with Gasteiger partial charge in [0.15, 0.2) is 0 Å². The lowest BCUT2D eigenvalue weighted by Gasteiger charge is -2.39. The molecule has 0 radical (unpaired) electrons. The highest BCUT2D eigenvalue weighted by molar-refractivity contribution is 6.11. The summed E-state index contributed by atoms with van der Waals surface area (Å²) in [4.78, 5) is 0. The fraction of sp³-hybridized carbons (Fsp3) is 0.0980. The van der Waals surface area contributed by atoms with Crippen LogP contribution >= 0.6 is 0 Å². The lowest BCUT2D eigenvalue weighted by atomic mass is 9.96. The zero-order valence-electron chi connectivity index (χ0n) is 31.1. The van der Waals surface area contributed by atoms with Gasteiger partial charge in [0, 0.05) is 44.3 Å². The topological polar surface area (TPSA) is 67.3 Å². The second-order valence-corrected chi connectivity index (χ2v) is 15.4. The van der Waals surface area contributed by atoms with Gasteiger partial charge in [0.2, 0.25) is 0 Å². The smallest absolute Gasteiger partial charge is 0.135 e. The van der Waals surface area contributed by atoms with Crippen molar-refractivity contribution in [3.05, 3.63) is 192 Å². The molecule has 0 amide bonds. The van der Waals surface area contributed by atoms with Crippen LogP contribution in [-0.2, 0) is 6.42 Å². The zero-order valence-corrected chi connectivity index (χ0v) is 31.1. The molecule has 1 aliphatic heterocycles. The number of para-hydroxylation sites is 2. The van der Waals surface area contributed by atoms with E-state index in [0.717, 1.165) is 62.8 Å². The molecule has 10 aromatic rings. The van der Waals surface area contributed by atoms with Crippen LogP contribution in [0.3, 0.4) is 0 Å². The largest absolute Gasteiger partial charge is 0.456 e. The quantitative estimate of drug-likeness (QED) is 0.164. The van der Waals surface area contributed by atoms with Crippen molar-refractivity contribution in [1.29, 1.82) is 0 Å². The van der Waals surface area contributed by atoms with Crippen LogP contribution in [0.4, 0.5) is 0 Å². The van der Waals surface area contributed by atoms with E-state index >= 15 is 0 Å². The molecule has 12 rings (SSSR count). The Morgan fingerprint density at radius 3 is 1.67 bits per heavy atom. The van der Waals surface area contributed by atoms with Gasteiger partial charge in [-0.25, -0.2) is 0 Å². The summed E-state index contributed by atoms with van der Waals surface area (Å²) < 4.78 is 15.5. The van der Waals surface area contributed by atoms with E-state index in [2.05, 4.69) is 190 Å². The van der Waals surface area contributed by atoms with Crippen LogP contribution in [0.2, 0.25) is 0 Å². The molecule has 4 heterocycles. The summed E-state index contributed by atoms with van der Waals surface area (Å²) in [6, 6.07) is 58.3. The number of hydrogen-bond donors (Lipinski definition) is 3. The number of aromatic nitrogens is 1. The number of nitrogens with one attached hydrogen (secondary N) is 3. The Bertz CT molecular complexity index is 3090. The number of rotatable bonds is 5. The van der Waals surface area contributed by atoms with Crippen molar-refractivity contribution in [3.8, 4) is 11.1 Å². The molecule has 2 aliphatic rings. The lowest BCUT2D eigenvalue weighted by Crippen LogP contribution is -2.54. The summed E-state index contributed by atoms with van der Waals surface area (Å²) in [6.45, 7) is 0. The van der Waals surface area contributed by atoms with E-state index in [1.165, 1.54) is 49.6 Å². The summed E-state index contributed by atoms with van der Waals surface area (Å²) >= 11 is 0. The maximum Gasteiger partial charge on any atom is 0.135 e. The zero-order chi connectivity index (χ0) is 37.5. The van der Waals surface area contributed by atoms with E-state index in [-0.39, 0.29) is 18.5 Å². The number of nitrogens with zero attached hydrogens (tertiary/aromatic N) is 1. The molecule has 0 spiro atoms. The van der Waals surface area contributed by atoms with Crippen LogP contribution in [0.5, 0.6) is 0 Å². The van der Waals surface area contributed by atoms with Gasteiger partial charge in [-0.1, -0.05) is 121 Å². The molecule has 57 heavy (non-hydrogen) atoms. The number of hydrogen-bond acceptors (Lipinski definition) is 5. The molecule has 3 N–H and O–H groups in total. The minimum atomic E-state index is -0.101. The first-order valence-corrected chi connectivity index (χ1v) is 19.8. The Morgan fingerprint density at radius 1 is 0.421 bits per heavy atom. The van der Waals surface area contributed by atoms with Crippen LogP contribution < -0.4 is 16.0 Å². The van der Waals surface area contributed by atoms with E-state index in [9.17, 15) is 0 Å². The summed E-state index contributed by atoms with van der Waals surface area (Å²) in [5.74, 6) is 0.957. The average Bonchev–Trinajstić information content (AvgIpc) is 3.95. The normalized spacial score (nSPS) is 18.5. The molecule has 0 saturated carbocycles. The molecular weight excluding hydrogens is 701 g/mol. The third-order valence-corrected chi connectivity index (χ3v) is 12.0. The molecule has 1 aliphatic carbocycles. The van der Waals surface area contributed by atoms with Crippen molar-refractivity contribution in [3.63, 3.8) is 0 Å². The third kappa shape index (κ3) is 5.37. The second kappa shape index (κ2) is 12.9. The fourth-order valence-corrected chi connectivity index (χ4v) is 9.27. The summed E-state index contributed by atoms with van der Waals surface area (Å²) in [7, 11) is 0. The Labute approximate surface area is 329 Å². The predicted molar refractivity (Wildman–Crippen MR) is 231 cm³/mol. The number of fused-ring (bicyclic) bond motifs is 9. The molecular formula is C51H38N4O2. The van der Waals surface area contributed by atoms with Gasteiger partial charge in [-0.05, 0) is 83.1 Å². The SMILES string of the molecule is C1=C(n2c3ccccc3c3ccccc32)CCc2c1oc1cc(-c3ccc4oc5ccc(C6NC(c7ccccc7)NC(c7ccccc7)N6)cc5c4c3)ccc21. The van der Waals surface area contributed by atoms with Crippen LogP contribution in [0.1, 0.15) is 52.9 Å². The molecule has 1 fully saturated rings. The fourth-order valence-electron chi connectivity index (χ4n) is 9.27. The maximum absolute atomic E-state index is 6.68. The Hall–Kier alpha value is -6.70. The summed E-state index contributed by atoms with van der Waals surface area (Å²) in [5.41, 5.74) is 13.5. The Morgan fingerprint density at radius 2 is 0.982 bits per heavy atom. The van der Waals surface area contributed by atoms with Gasteiger partial charge in [-0.3, -0.25) is 16.0 Å². The molecule has 6 nitrogen and oxygen atoms in total. The van der Waals surface area contributed by atoms with E-state index in [4.69, 9.17) is 8.83 Å². The molecule has 0 bridgehead atoms.